The van der Waals surface area contributed by atoms with E-state index in [0.717, 1.165) is 64.8 Å². The monoisotopic (exact) mass is 445 g/mol. The number of carbonyl (C=O) groups excluding carboxylic acids is 2. The number of hydrogen-bond donors (Lipinski definition) is 0. The van der Waals surface area contributed by atoms with Crippen LogP contribution in [0, 0.1) is 5.92 Å². The Labute approximate surface area is 197 Å². The lowest BCUT2D eigenvalue weighted by Crippen LogP contribution is -2.51. The Morgan fingerprint density at radius 2 is 1.52 bits per heavy atom. The standard InChI is InChI=1S/C28H35N3O2/c32-27(23-12-5-2-6-13-23)31-25-15-8-7-14-24(25)20-26(31)28(33)30-17-9-16-29(18-19-30)21-22-10-3-1-4-11-22/h1-6,10-13,24-26H,7-9,14-21H2. The first-order chi connectivity index (χ1) is 16.2. The van der Waals surface area contributed by atoms with Gasteiger partial charge in [-0.25, -0.2) is 0 Å². The molecule has 0 spiro atoms. The predicted octanol–water partition coefficient (Wildman–Crippen LogP) is 4.19. The van der Waals surface area contributed by atoms with E-state index >= 15 is 0 Å². The maximum absolute atomic E-state index is 13.8. The van der Waals surface area contributed by atoms with Crippen LogP contribution in [0.25, 0.3) is 0 Å². The molecule has 0 radical (unpaired) electrons. The van der Waals surface area contributed by atoms with Crippen LogP contribution in [0.5, 0.6) is 0 Å². The molecule has 2 saturated heterocycles. The van der Waals surface area contributed by atoms with Crippen LogP contribution >= 0.6 is 0 Å². The van der Waals surface area contributed by atoms with Gasteiger partial charge in [-0.3, -0.25) is 14.5 Å². The normalized spacial score (nSPS) is 26.0. The molecule has 2 aromatic carbocycles. The fraction of sp³-hybridized carbons (Fsp3) is 0.500. The van der Waals surface area contributed by atoms with Gasteiger partial charge < -0.3 is 9.80 Å². The summed E-state index contributed by atoms with van der Waals surface area (Å²) in [6, 6.07) is 20.0. The molecule has 3 atom stereocenters. The SMILES string of the molecule is O=C(C1CC2CCCCC2N1C(=O)c1ccccc1)N1CCCN(Cc2ccccc2)CC1. The Morgan fingerprint density at radius 3 is 2.30 bits per heavy atom. The van der Waals surface area contributed by atoms with Crippen molar-refractivity contribution < 1.29 is 9.59 Å². The van der Waals surface area contributed by atoms with Crippen LogP contribution in [0.4, 0.5) is 0 Å². The number of hydrogen-bond acceptors (Lipinski definition) is 3. The number of likely N-dealkylation sites (tertiary alicyclic amines) is 1. The van der Waals surface area contributed by atoms with Gasteiger partial charge in [0.15, 0.2) is 0 Å². The summed E-state index contributed by atoms with van der Waals surface area (Å²) < 4.78 is 0. The van der Waals surface area contributed by atoms with E-state index in [9.17, 15) is 9.59 Å². The average Bonchev–Trinajstić information content (AvgIpc) is 3.10. The van der Waals surface area contributed by atoms with Gasteiger partial charge in [-0.15, -0.1) is 0 Å². The molecule has 3 unspecified atom stereocenters. The molecular weight excluding hydrogens is 410 g/mol. The van der Waals surface area contributed by atoms with Crippen LogP contribution in [0.15, 0.2) is 60.7 Å². The quantitative estimate of drug-likeness (QED) is 0.709. The van der Waals surface area contributed by atoms with Gasteiger partial charge in [0.2, 0.25) is 5.91 Å². The third kappa shape index (κ3) is 4.84. The lowest BCUT2D eigenvalue weighted by molar-refractivity contribution is -0.135. The molecule has 0 aromatic heterocycles. The molecule has 3 fully saturated rings. The first kappa shape index (κ1) is 22.1. The molecule has 33 heavy (non-hydrogen) atoms. The summed E-state index contributed by atoms with van der Waals surface area (Å²) in [7, 11) is 0. The molecule has 2 amide bonds. The molecule has 2 aliphatic heterocycles. The maximum Gasteiger partial charge on any atom is 0.254 e. The summed E-state index contributed by atoms with van der Waals surface area (Å²) in [4.78, 5) is 33.9. The van der Waals surface area contributed by atoms with Crippen LogP contribution < -0.4 is 0 Å². The molecule has 5 heteroatoms. The summed E-state index contributed by atoms with van der Waals surface area (Å²) in [5.74, 6) is 0.654. The fourth-order valence-electron chi connectivity index (χ4n) is 6.10. The zero-order valence-corrected chi connectivity index (χ0v) is 19.4. The second kappa shape index (κ2) is 10.1. The Kier molecular flexibility index (Phi) is 6.77. The van der Waals surface area contributed by atoms with Crippen LogP contribution in [0.1, 0.15) is 54.4 Å². The zero-order valence-electron chi connectivity index (χ0n) is 19.4. The minimum atomic E-state index is -0.313. The molecule has 1 saturated carbocycles. The van der Waals surface area contributed by atoms with E-state index < -0.39 is 0 Å². The molecule has 1 aliphatic carbocycles. The Bertz CT molecular complexity index is 948. The molecule has 0 N–H and O–H groups in total. The van der Waals surface area contributed by atoms with Gasteiger partial charge in [-0.1, -0.05) is 61.4 Å². The number of fused-ring (bicyclic) bond motifs is 1. The number of benzene rings is 2. The number of nitrogens with zero attached hydrogens (tertiary/aromatic N) is 3. The van der Waals surface area contributed by atoms with Crippen molar-refractivity contribution in [2.45, 2.75) is 57.2 Å². The lowest BCUT2D eigenvalue weighted by Gasteiger charge is -2.35. The highest BCUT2D eigenvalue weighted by Crippen LogP contribution is 2.41. The van der Waals surface area contributed by atoms with Gasteiger partial charge in [0, 0.05) is 44.3 Å². The lowest BCUT2D eigenvalue weighted by atomic mass is 9.84. The number of rotatable bonds is 4. The average molecular weight is 446 g/mol. The molecule has 3 aliphatic rings. The van der Waals surface area contributed by atoms with Crippen molar-refractivity contribution >= 4 is 11.8 Å². The van der Waals surface area contributed by atoms with Gasteiger partial charge in [0.05, 0.1) is 0 Å². The van der Waals surface area contributed by atoms with Gasteiger partial charge >= 0.3 is 0 Å². The highest BCUT2D eigenvalue weighted by atomic mass is 16.2. The van der Waals surface area contributed by atoms with Crippen molar-refractivity contribution in [2.24, 2.45) is 5.92 Å². The smallest absolute Gasteiger partial charge is 0.254 e. The third-order valence-electron chi connectivity index (χ3n) is 7.78. The molecule has 174 valence electrons. The van der Waals surface area contributed by atoms with Gasteiger partial charge in [0.1, 0.15) is 6.04 Å². The van der Waals surface area contributed by atoms with Crippen LogP contribution in [-0.2, 0) is 11.3 Å². The summed E-state index contributed by atoms with van der Waals surface area (Å²) in [6.45, 7) is 4.33. The summed E-state index contributed by atoms with van der Waals surface area (Å²) in [5, 5.41) is 0. The van der Waals surface area contributed by atoms with Crippen molar-refractivity contribution in [1.82, 2.24) is 14.7 Å². The zero-order chi connectivity index (χ0) is 22.6. The second-order valence-electron chi connectivity index (χ2n) is 9.88. The predicted molar refractivity (Wildman–Crippen MR) is 130 cm³/mol. The maximum atomic E-state index is 13.8. The van der Waals surface area contributed by atoms with Gasteiger partial charge in [-0.05, 0) is 49.3 Å². The minimum Gasteiger partial charge on any atom is -0.340 e. The van der Waals surface area contributed by atoms with Crippen molar-refractivity contribution in [2.75, 3.05) is 26.2 Å². The fourth-order valence-corrected chi connectivity index (χ4v) is 6.10. The third-order valence-corrected chi connectivity index (χ3v) is 7.78. The Hall–Kier alpha value is -2.66. The summed E-state index contributed by atoms with van der Waals surface area (Å²) >= 11 is 0. The topological polar surface area (TPSA) is 43.9 Å². The molecule has 2 heterocycles. The minimum absolute atomic E-state index is 0.0314. The second-order valence-corrected chi connectivity index (χ2v) is 9.88. The van der Waals surface area contributed by atoms with Crippen molar-refractivity contribution in [3.05, 3.63) is 71.8 Å². The number of amides is 2. The van der Waals surface area contributed by atoms with E-state index in [1.165, 1.54) is 12.0 Å². The summed E-state index contributed by atoms with van der Waals surface area (Å²) in [6.07, 6.45) is 6.33. The first-order valence-electron chi connectivity index (χ1n) is 12.6. The molecule has 5 nitrogen and oxygen atoms in total. The Morgan fingerprint density at radius 1 is 0.788 bits per heavy atom. The largest absolute Gasteiger partial charge is 0.340 e. The van der Waals surface area contributed by atoms with E-state index in [2.05, 4.69) is 29.2 Å². The van der Waals surface area contributed by atoms with E-state index in [-0.39, 0.29) is 23.9 Å². The van der Waals surface area contributed by atoms with Crippen LogP contribution in [-0.4, -0.2) is 64.8 Å². The van der Waals surface area contributed by atoms with E-state index in [4.69, 9.17) is 0 Å². The molecule has 2 aromatic rings. The van der Waals surface area contributed by atoms with Gasteiger partial charge in [-0.2, -0.15) is 0 Å². The highest BCUT2D eigenvalue weighted by Gasteiger charge is 2.48. The molecule has 5 rings (SSSR count). The van der Waals surface area contributed by atoms with Crippen molar-refractivity contribution in [3.63, 3.8) is 0 Å². The van der Waals surface area contributed by atoms with Crippen molar-refractivity contribution in [3.8, 4) is 0 Å². The first-order valence-corrected chi connectivity index (χ1v) is 12.6. The summed E-state index contributed by atoms with van der Waals surface area (Å²) in [5.41, 5.74) is 2.02. The van der Waals surface area contributed by atoms with E-state index in [0.29, 0.717) is 11.5 Å². The van der Waals surface area contributed by atoms with Gasteiger partial charge in [0.25, 0.3) is 5.91 Å². The van der Waals surface area contributed by atoms with E-state index in [1.807, 2.05) is 46.2 Å². The molecular formula is C28H35N3O2. The Balaban J connectivity index is 1.30. The number of carbonyl (C=O) groups is 2. The van der Waals surface area contributed by atoms with E-state index in [1.54, 1.807) is 0 Å². The van der Waals surface area contributed by atoms with Crippen LogP contribution in [0.2, 0.25) is 0 Å². The van der Waals surface area contributed by atoms with Crippen molar-refractivity contribution in [1.29, 1.82) is 0 Å². The van der Waals surface area contributed by atoms with Crippen LogP contribution in [0.3, 0.4) is 0 Å². The highest BCUT2D eigenvalue weighted by molar-refractivity contribution is 5.98. The molecule has 0 bridgehead atoms.